The number of aromatic nitrogens is 1. The fourth-order valence-electron chi connectivity index (χ4n) is 1.66. The molecule has 1 heterocycles. The van der Waals surface area contributed by atoms with Crippen LogP contribution in [0, 0.1) is 5.41 Å². The second kappa shape index (κ2) is 5.69. The summed E-state index contributed by atoms with van der Waals surface area (Å²) >= 11 is 3.27. The highest BCUT2D eigenvalue weighted by molar-refractivity contribution is 9.10. The molecular weight excluding hydrogens is 284 g/mol. The number of rotatable bonds is 4. The number of aromatic amines is 1. The van der Waals surface area contributed by atoms with Crippen LogP contribution in [0.15, 0.2) is 16.7 Å². The van der Waals surface area contributed by atoms with E-state index in [0.717, 1.165) is 10.9 Å². The first kappa shape index (κ1) is 14.3. The highest BCUT2D eigenvalue weighted by atomic mass is 79.9. The van der Waals surface area contributed by atoms with Gasteiger partial charge in [0.25, 0.3) is 5.91 Å². The van der Waals surface area contributed by atoms with Crippen LogP contribution in [0.5, 0.6) is 0 Å². The SMILES string of the molecule is CC(C)(C)CC(CO)NC(=O)c1cc(Br)c[nH]1. The zero-order valence-electron chi connectivity index (χ0n) is 10.4. The van der Waals surface area contributed by atoms with Crippen LogP contribution in [0.4, 0.5) is 0 Å². The summed E-state index contributed by atoms with van der Waals surface area (Å²) in [6.45, 7) is 6.18. The zero-order valence-corrected chi connectivity index (χ0v) is 12.0. The van der Waals surface area contributed by atoms with Gasteiger partial charge in [-0.15, -0.1) is 0 Å². The maximum absolute atomic E-state index is 11.8. The molecule has 5 heteroatoms. The lowest BCUT2D eigenvalue weighted by molar-refractivity contribution is 0.0893. The molecule has 96 valence electrons. The van der Waals surface area contributed by atoms with Crippen molar-refractivity contribution >= 4 is 21.8 Å². The maximum Gasteiger partial charge on any atom is 0.268 e. The number of hydrogen-bond acceptors (Lipinski definition) is 2. The number of H-pyrrole nitrogens is 1. The van der Waals surface area contributed by atoms with Crippen molar-refractivity contribution in [1.29, 1.82) is 0 Å². The van der Waals surface area contributed by atoms with Gasteiger partial charge in [-0.25, -0.2) is 0 Å². The summed E-state index contributed by atoms with van der Waals surface area (Å²) in [7, 11) is 0. The molecule has 0 aliphatic rings. The Bertz CT molecular complexity index is 382. The predicted molar refractivity (Wildman–Crippen MR) is 70.9 cm³/mol. The second-order valence-corrected chi connectivity index (χ2v) is 6.26. The number of aliphatic hydroxyl groups is 1. The van der Waals surface area contributed by atoms with E-state index >= 15 is 0 Å². The third-order valence-electron chi connectivity index (χ3n) is 2.31. The minimum Gasteiger partial charge on any atom is -0.394 e. The minimum absolute atomic E-state index is 0.0507. The quantitative estimate of drug-likeness (QED) is 0.799. The van der Waals surface area contributed by atoms with Gasteiger partial charge in [-0.1, -0.05) is 20.8 Å². The van der Waals surface area contributed by atoms with E-state index in [0.29, 0.717) is 5.69 Å². The summed E-state index contributed by atoms with van der Waals surface area (Å²) in [4.78, 5) is 14.7. The molecule has 1 rings (SSSR count). The fraction of sp³-hybridized carbons (Fsp3) is 0.583. The standard InChI is InChI=1S/C12H19BrN2O2/c1-12(2,3)5-9(7-16)15-11(17)10-4-8(13)6-14-10/h4,6,9,14,16H,5,7H2,1-3H3,(H,15,17). The van der Waals surface area contributed by atoms with Crippen LogP contribution < -0.4 is 5.32 Å². The molecule has 0 bridgehead atoms. The maximum atomic E-state index is 11.8. The van der Waals surface area contributed by atoms with Crippen LogP contribution in [0.2, 0.25) is 0 Å². The van der Waals surface area contributed by atoms with Crippen molar-refractivity contribution in [2.75, 3.05) is 6.61 Å². The Labute approximate surface area is 110 Å². The average molecular weight is 303 g/mol. The van der Waals surface area contributed by atoms with Gasteiger partial charge in [0.2, 0.25) is 0 Å². The lowest BCUT2D eigenvalue weighted by atomic mass is 9.88. The number of halogens is 1. The van der Waals surface area contributed by atoms with Crippen LogP contribution in [0.1, 0.15) is 37.7 Å². The molecule has 1 unspecified atom stereocenters. The van der Waals surface area contributed by atoms with Gasteiger partial charge >= 0.3 is 0 Å². The Hall–Kier alpha value is -0.810. The Kier molecular flexibility index (Phi) is 4.77. The minimum atomic E-state index is -0.218. The van der Waals surface area contributed by atoms with Crippen molar-refractivity contribution in [2.45, 2.75) is 33.2 Å². The molecule has 1 aromatic rings. The molecule has 4 nitrogen and oxygen atoms in total. The molecule has 3 N–H and O–H groups in total. The molecule has 1 amide bonds. The van der Waals surface area contributed by atoms with Gasteiger partial charge in [0, 0.05) is 10.7 Å². The van der Waals surface area contributed by atoms with Gasteiger partial charge in [-0.05, 0) is 33.8 Å². The molecule has 0 saturated heterocycles. The van der Waals surface area contributed by atoms with E-state index in [1.54, 1.807) is 12.3 Å². The third kappa shape index (κ3) is 4.91. The van der Waals surface area contributed by atoms with Gasteiger partial charge in [0.05, 0.1) is 12.6 Å². The molecule has 0 aliphatic heterocycles. The largest absolute Gasteiger partial charge is 0.394 e. The van der Waals surface area contributed by atoms with Gasteiger partial charge in [0.15, 0.2) is 0 Å². The number of nitrogens with one attached hydrogen (secondary N) is 2. The molecule has 0 fully saturated rings. The Balaban J connectivity index is 2.60. The highest BCUT2D eigenvalue weighted by Gasteiger charge is 2.20. The van der Waals surface area contributed by atoms with E-state index in [2.05, 4.69) is 47.0 Å². The van der Waals surface area contributed by atoms with Crippen molar-refractivity contribution in [1.82, 2.24) is 10.3 Å². The average Bonchev–Trinajstić information content (AvgIpc) is 2.61. The molecule has 0 spiro atoms. The van der Waals surface area contributed by atoms with Gasteiger partial charge in [-0.2, -0.15) is 0 Å². The molecule has 1 aromatic heterocycles. The molecule has 0 aromatic carbocycles. The summed E-state index contributed by atoms with van der Waals surface area (Å²) in [5, 5.41) is 12.1. The second-order valence-electron chi connectivity index (χ2n) is 5.35. The summed E-state index contributed by atoms with van der Waals surface area (Å²) in [6, 6.07) is 1.49. The summed E-state index contributed by atoms with van der Waals surface area (Å²) < 4.78 is 0.832. The van der Waals surface area contributed by atoms with E-state index < -0.39 is 0 Å². The number of amides is 1. The van der Waals surface area contributed by atoms with Crippen molar-refractivity contribution in [3.63, 3.8) is 0 Å². The summed E-state index contributed by atoms with van der Waals surface area (Å²) in [6.07, 6.45) is 2.43. The normalized spacial score (nSPS) is 13.5. The first-order valence-electron chi connectivity index (χ1n) is 5.57. The van der Waals surface area contributed by atoms with Crippen LogP contribution in [-0.4, -0.2) is 28.6 Å². The third-order valence-corrected chi connectivity index (χ3v) is 2.76. The highest BCUT2D eigenvalue weighted by Crippen LogP contribution is 2.20. The van der Waals surface area contributed by atoms with Crippen LogP contribution in [0.25, 0.3) is 0 Å². The van der Waals surface area contributed by atoms with Crippen LogP contribution in [-0.2, 0) is 0 Å². The topological polar surface area (TPSA) is 65.1 Å². The molecule has 0 radical (unpaired) electrons. The lowest BCUT2D eigenvalue weighted by Crippen LogP contribution is -2.40. The first-order chi connectivity index (χ1) is 7.81. The van der Waals surface area contributed by atoms with Gasteiger partial charge in [-0.3, -0.25) is 4.79 Å². The lowest BCUT2D eigenvalue weighted by Gasteiger charge is -2.25. The molecule has 0 saturated carbocycles. The Morgan fingerprint density at radius 1 is 1.59 bits per heavy atom. The summed E-state index contributed by atoms with van der Waals surface area (Å²) in [5.41, 5.74) is 0.556. The van der Waals surface area contributed by atoms with Crippen LogP contribution in [0.3, 0.4) is 0 Å². The van der Waals surface area contributed by atoms with E-state index in [-0.39, 0.29) is 24.0 Å². The van der Waals surface area contributed by atoms with Gasteiger partial charge < -0.3 is 15.4 Å². The number of carbonyl (C=O) groups excluding carboxylic acids is 1. The van der Waals surface area contributed by atoms with Crippen LogP contribution >= 0.6 is 15.9 Å². The first-order valence-corrected chi connectivity index (χ1v) is 6.37. The van der Waals surface area contributed by atoms with Crippen molar-refractivity contribution in [3.8, 4) is 0 Å². The van der Waals surface area contributed by atoms with Crippen molar-refractivity contribution < 1.29 is 9.90 Å². The van der Waals surface area contributed by atoms with Gasteiger partial charge in [0.1, 0.15) is 5.69 Å². The number of hydrogen-bond donors (Lipinski definition) is 3. The molecule has 0 aliphatic carbocycles. The van der Waals surface area contributed by atoms with E-state index in [9.17, 15) is 9.90 Å². The summed E-state index contributed by atoms with van der Waals surface area (Å²) in [5.74, 6) is -0.195. The molecular formula is C12H19BrN2O2. The molecule has 17 heavy (non-hydrogen) atoms. The van der Waals surface area contributed by atoms with E-state index in [1.165, 1.54) is 0 Å². The number of carbonyl (C=O) groups is 1. The fourth-order valence-corrected chi connectivity index (χ4v) is 2.01. The van der Waals surface area contributed by atoms with E-state index in [4.69, 9.17) is 0 Å². The monoisotopic (exact) mass is 302 g/mol. The van der Waals surface area contributed by atoms with Crippen molar-refractivity contribution in [2.24, 2.45) is 5.41 Å². The number of aliphatic hydroxyl groups excluding tert-OH is 1. The smallest absolute Gasteiger partial charge is 0.268 e. The molecule has 1 atom stereocenters. The van der Waals surface area contributed by atoms with E-state index in [1.807, 2.05) is 0 Å². The predicted octanol–water partition coefficient (Wildman–Crippen LogP) is 2.30. The van der Waals surface area contributed by atoms with Crippen molar-refractivity contribution in [3.05, 3.63) is 22.4 Å². The zero-order chi connectivity index (χ0) is 13.1. The Morgan fingerprint density at radius 3 is 2.65 bits per heavy atom. The Morgan fingerprint density at radius 2 is 2.24 bits per heavy atom.